The molecular weight excluding hydrogens is 252 g/mol. The topological polar surface area (TPSA) is 55.4 Å². The van der Waals surface area contributed by atoms with Crippen LogP contribution in [-0.4, -0.2) is 20.3 Å². The molecule has 0 amide bonds. The summed E-state index contributed by atoms with van der Waals surface area (Å²) < 4.78 is 53.2. The second kappa shape index (κ2) is 5.31. The van der Waals surface area contributed by atoms with E-state index in [0.29, 0.717) is 5.69 Å². The molecule has 0 saturated heterocycles. The second-order valence-corrected chi connectivity index (χ2v) is 5.84. The van der Waals surface area contributed by atoms with E-state index in [9.17, 15) is 17.2 Å². The Kier molecular flexibility index (Phi) is 4.28. The number of halogens is 2. The number of nitrogens with one attached hydrogen (secondary N) is 1. The highest BCUT2D eigenvalue weighted by Gasteiger charge is 2.15. The SMILES string of the molecule is CC(C)S(=O)(=O)Nc1ccc(OC(F)F)cc1. The molecule has 7 heteroatoms. The Balaban J connectivity index is 2.76. The van der Waals surface area contributed by atoms with Crippen molar-refractivity contribution < 1.29 is 21.9 Å². The van der Waals surface area contributed by atoms with Gasteiger partial charge in [0.2, 0.25) is 10.0 Å². The van der Waals surface area contributed by atoms with Gasteiger partial charge in [-0.3, -0.25) is 4.72 Å². The summed E-state index contributed by atoms with van der Waals surface area (Å²) in [5.41, 5.74) is 0.306. The first-order chi connectivity index (χ1) is 7.81. The number of alkyl halides is 2. The fourth-order valence-corrected chi connectivity index (χ4v) is 1.69. The molecule has 1 aromatic rings. The van der Waals surface area contributed by atoms with Gasteiger partial charge in [0.15, 0.2) is 0 Å². The Hall–Kier alpha value is -1.37. The molecule has 1 rings (SSSR count). The van der Waals surface area contributed by atoms with E-state index in [1.807, 2.05) is 0 Å². The predicted molar refractivity (Wildman–Crippen MR) is 60.8 cm³/mol. The van der Waals surface area contributed by atoms with Crippen molar-refractivity contribution in [1.29, 1.82) is 0 Å². The van der Waals surface area contributed by atoms with Crippen LogP contribution < -0.4 is 9.46 Å². The molecule has 17 heavy (non-hydrogen) atoms. The van der Waals surface area contributed by atoms with Crippen molar-refractivity contribution in [3.8, 4) is 5.75 Å². The Morgan fingerprint density at radius 2 is 1.71 bits per heavy atom. The van der Waals surface area contributed by atoms with Gasteiger partial charge in [0.25, 0.3) is 0 Å². The van der Waals surface area contributed by atoms with Crippen LogP contribution in [0.15, 0.2) is 24.3 Å². The molecule has 0 aliphatic carbocycles. The molecule has 0 saturated carbocycles. The normalized spacial score (nSPS) is 11.9. The molecule has 0 radical (unpaired) electrons. The quantitative estimate of drug-likeness (QED) is 0.889. The zero-order chi connectivity index (χ0) is 13.1. The lowest BCUT2D eigenvalue weighted by Gasteiger charge is -2.11. The summed E-state index contributed by atoms with van der Waals surface area (Å²) in [7, 11) is -3.43. The molecule has 0 fully saturated rings. The first-order valence-corrected chi connectivity index (χ1v) is 6.42. The molecule has 0 aliphatic rings. The Bertz CT molecular complexity index is 457. The summed E-state index contributed by atoms with van der Waals surface area (Å²) in [6.07, 6.45) is 0. The summed E-state index contributed by atoms with van der Waals surface area (Å²) >= 11 is 0. The van der Waals surface area contributed by atoms with Crippen molar-refractivity contribution in [2.45, 2.75) is 25.7 Å². The van der Waals surface area contributed by atoms with E-state index in [-0.39, 0.29) is 5.75 Å². The van der Waals surface area contributed by atoms with Crippen molar-refractivity contribution in [1.82, 2.24) is 0 Å². The average Bonchev–Trinajstić information content (AvgIpc) is 2.19. The van der Waals surface area contributed by atoms with E-state index in [2.05, 4.69) is 9.46 Å². The number of ether oxygens (including phenoxy) is 1. The largest absolute Gasteiger partial charge is 0.435 e. The summed E-state index contributed by atoms with van der Waals surface area (Å²) in [6.45, 7) is 0.181. The highest BCUT2D eigenvalue weighted by molar-refractivity contribution is 7.93. The first kappa shape index (κ1) is 13.7. The third-order valence-electron chi connectivity index (χ3n) is 1.96. The molecule has 96 valence electrons. The highest BCUT2D eigenvalue weighted by atomic mass is 32.2. The Morgan fingerprint density at radius 1 is 1.18 bits per heavy atom. The van der Waals surface area contributed by atoms with Gasteiger partial charge in [0.1, 0.15) is 5.75 Å². The van der Waals surface area contributed by atoms with Crippen LogP contribution in [0, 0.1) is 0 Å². The van der Waals surface area contributed by atoms with E-state index in [4.69, 9.17) is 0 Å². The summed E-state index contributed by atoms with van der Waals surface area (Å²) in [4.78, 5) is 0. The van der Waals surface area contributed by atoms with Gasteiger partial charge in [-0.05, 0) is 38.1 Å². The Labute approximate surface area is 98.6 Å². The first-order valence-electron chi connectivity index (χ1n) is 4.88. The van der Waals surface area contributed by atoms with E-state index in [1.54, 1.807) is 0 Å². The van der Waals surface area contributed by atoms with Crippen molar-refractivity contribution in [3.05, 3.63) is 24.3 Å². The maximum absolute atomic E-state index is 11.9. The molecule has 0 atom stereocenters. The minimum atomic E-state index is -3.43. The maximum Gasteiger partial charge on any atom is 0.387 e. The summed E-state index contributed by atoms with van der Waals surface area (Å²) in [6, 6.07) is 5.25. The summed E-state index contributed by atoms with van der Waals surface area (Å²) in [5, 5.41) is -0.570. The minimum absolute atomic E-state index is 0.0208. The summed E-state index contributed by atoms with van der Waals surface area (Å²) in [5.74, 6) is -0.0208. The van der Waals surface area contributed by atoms with Gasteiger partial charge in [-0.25, -0.2) is 8.42 Å². The molecule has 1 N–H and O–H groups in total. The average molecular weight is 265 g/mol. The number of rotatable bonds is 5. The van der Waals surface area contributed by atoms with E-state index in [0.717, 1.165) is 0 Å². The zero-order valence-corrected chi connectivity index (χ0v) is 10.2. The molecule has 1 aromatic carbocycles. The number of sulfonamides is 1. The van der Waals surface area contributed by atoms with Crippen LogP contribution in [0.3, 0.4) is 0 Å². The lowest BCUT2D eigenvalue weighted by Crippen LogP contribution is -2.22. The van der Waals surface area contributed by atoms with Crippen molar-refractivity contribution >= 4 is 15.7 Å². The van der Waals surface area contributed by atoms with Gasteiger partial charge < -0.3 is 4.74 Å². The van der Waals surface area contributed by atoms with Crippen LogP contribution >= 0.6 is 0 Å². The number of hydrogen-bond donors (Lipinski definition) is 1. The number of hydrogen-bond acceptors (Lipinski definition) is 3. The van der Waals surface area contributed by atoms with Crippen molar-refractivity contribution in [3.63, 3.8) is 0 Å². The van der Waals surface area contributed by atoms with Gasteiger partial charge >= 0.3 is 6.61 Å². The molecule has 0 spiro atoms. The monoisotopic (exact) mass is 265 g/mol. The van der Waals surface area contributed by atoms with Crippen LogP contribution in [-0.2, 0) is 10.0 Å². The molecular formula is C10H13F2NO3S. The van der Waals surface area contributed by atoms with Crippen LogP contribution in [0.1, 0.15) is 13.8 Å². The van der Waals surface area contributed by atoms with Gasteiger partial charge in [-0.1, -0.05) is 0 Å². The zero-order valence-electron chi connectivity index (χ0n) is 9.35. The third kappa shape index (κ3) is 4.18. The number of anilines is 1. The van der Waals surface area contributed by atoms with Crippen molar-refractivity contribution in [2.24, 2.45) is 0 Å². The van der Waals surface area contributed by atoms with E-state index >= 15 is 0 Å². The molecule has 4 nitrogen and oxygen atoms in total. The van der Waals surface area contributed by atoms with Crippen LogP contribution in [0.2, 0.25) is 0 Å². The molecule has 0 heterocycles. The lowest BCUT2D eigenvalue weighted by atomic mass is 10.3. The van der Waals surface area contributed by atoms with Gasteiger partial charge in [0.05, 0.1) is 5.25 Å². The smallest absolute Gasteiger partial charge is 0.387 e. The lowest BCUT2D eigenvalue weighted by molar-refractivity contribution is -0.0498. The van der Waals surface area contributed by atoms with E-state index in [1.165, 1.54) is 38.1 Å². The van der Waals surface area contributed by atoms with Gasteiger partial charge in [-0.2, -0.15) is 8.78 Å². The highest BCUT2D eigenvalue weighted by Crippen LogP contribution is 2.19. The number of benzene rings is 1. The molecule has 0 unspecified atom stereocenters. The maximum atomic E-state index is 11.9. The van der Waals surface area contributed by atoms with Crippen LogP contribution in [0.5, 0.6) is 5.75 Å². The van der Waals surface area contributed by atoms with Gasteiger partial charge in [0, 0.05) is 5.69 Å². The standard InChI is InChI=1S/C10H13F2NO3S/c1-7(2)17(14,15)13-8-3-5-9(6-4-8)16-10(11)12/h3-7,10,13H,1-2H3. The minimum Gasteiger partial charge on any atom is -0.435 e. The molecule has 0 aromatic heterocycles. The molecule has 0 aliphatic heterocycles. The van der Waals surface area contributed by atoms with E-state index < -0.39 is 21.9 Å². The predicted octanol–water partition coefficient (Wildman–Crippen LogP) is 2.44. The fraction of sp³-hybridized carbons (Fsp3) is 0.400. The second-order valence-electron chi connectivity index (χ2n) is 3.60. The van der Waals surface area contributed by atoms with Crippen LogP contribution in [0.25, 0.3) is 0 Å². The van der Waals surface area contributed by atoms with Crippen molar-refractivity contribution in [2.75, 3.05) is 4.72 Å². The fourth-order valence-electron chi connectivity index (χ4n) is 0.987. The van der Waals surface area contributed by atoms with Crippen LogP contribution in [0.4, 0.5) is 14.5 Å². The Morgan fingerprint density at radius 3 is 2.12 bits per heavy atom. The molecule has 0 bridgehead atoms. The third-order valence-corrected chi connectivity index (χ3v) is 3.72. The van der Waals surface area contributed by atoms with Gasteiger partial charge in [-0.15, -0.1) is 0 Å².